The molecule has 0 aliphatic rings. The Balaban J connectivity index is 1.74. The van der Waals surface area contributed by atoms with Gasteiger partial charge in [-0.05, 0) is 24.5 Å². The number of para-hydroxylation sites is 1. The molecule has 0 aliphatic heterocycles. The van der Waals surface area contributed by atoms with E-state index in [-0.39, 0.29) is 11.9 Å². The van der Waals surface area contributed by atoms with Crippen LogP contribution in [0.25, 0.3) is 0 Å². The number of rotatable bonds is 21. The van der Waals surface area contributed by atoms with Gasteiger partial charge in [-0.3, -0.25) is 4.79 Å². The van der Waals surface area contributed by atoms with Crippen LogP contribution < -0.4 is 4.74 Å². The fraction of sp³-hybridized carbons (Fsp3) is 0.629. The standard InChI is InChI=1S/C35H56NO3/c1-6-8-9-10-11-12-13-14-15-19-24-32-25-20-21-26-33(32)38-34(7-2)39-35(37)30(3)27-28-36(4,5)29-31-22-17-16-18-23-31/h16-18,20-23,25-26,30,34H,6-15,19,24,27-29H2,1-5H3/q+1. The topological polar surface area (TPSA) is 35.5 Å². The number of esters is 1. The first-order chi connectivity index (χ1) is 18.8. The lowest BCUT2D eigenvalue weighted by Gasteiger charge is -2.31. The molecule has 0 fully saturated rings. The van der Waals surface area contributed by atoms with E-state index in [0.717, 1.165) is 36.2 Å². The van der Waals surface area contributed by atoms with Crippen molar-refractivity contribution < 1.29 is 18.8 Å². The summed E-state index contributed by atoms with van der Waals surface area (Å²) >= 11 is 0. The molecule has 2 aromatic carbocycles. The second-order valence-corrected chi connectivity index (χ2v) is 11.9. The molecular weight excluding hydrogens is 482 g/mol. The number of quaternary nitrogens is 1. The minimum absolute atomic E-state index is 0.169. The molecule has 39 heavy (non-hydrogen) atoms. The van der Waals surface area contributed by atoms with Crippen LogP contribution >= 0.6 is 0 Å². The van der Waals surface area contributed by atoms with Gasteiger partial charge in [0.25, 0.3) is 0 Å². The van der Waals surface area contributed by atoms with Crippen LogP contribution in [0.15, 0.2) is 54.6 Å². The van der Waals surface area contributed by atoms with Crippen molar-refractivity contribution in [3.8, 4) is 5.75 Å². The second-order valence-electron chi connectivity index (χ2n) is 11.9. The molecule has 0 saturated carbocycles. The second kappa shape index (κ2) is 18.9. The highest BCUT2D eigenvalue weighted by Crippen LogP contribution is 2.24. The molecule has 0 radical (unpaired) electrons. The maximum absolute atomic E-state index is 12.9. The third kappa shape index (κ3) is 14.0. The van der Waals surface area contributed by atoms with E-state index in [1.807, 2.05) is 32.0 Å². The molecule has 0 aliphatic carbocycles. The highest BCUT2D eigenvalue weighted by Gasteiger charge is 2.24. The summed E-state index contributed by atoms with van der Waals surface area (Å²) in [5.41, 5.74) is 2.52. The number of benzene rings is 2. The zero-order valence-corrected chi connectivity index (χ0v) is 25.6. The number of ether oxygens (including phenoxy) is 2. The molecule has 4 heteroatoms. The Morgan fingerprint density at radius 2 is 1.38 bits per heavy atom. The Kier molecular flexibility index (Phi) is 15.9. The van der Waals surface area contributed by atoms with Gasteiger partial charge in [0.1, 0.15) is 12.3 Å². The molecule has 0 N–H and O–H groups in total. The van der Waals surface area contributed by atoms with Crippen molar-refractivity contribution in [1.29, 1.82) is 0 Å². The summed E-state index contributed by atoms with van der Waals surface area (Å²) in [5.74, 6) is 0.507. The molecule has 2 rings (SSSR count). The monoisotopic (exact) mass is 538 g/mol. The van der Waals surface area contributed by atoms with Crippen LogP contribution in [0.2, 0.25) is 0 Å². The van der Waals surface area contributed by atoms with Crippen LogP contribution in [0.3, 0.4) is 0 Å². The Labute approximate surface area is 239 Å². The van der Waals surface area contributed by atoms with Crippen LogP contribution in [-0.2, 0) is 22.5 Å². The SMILES string of the molecule is CCCCCCCCCCCCc1ccccc1OC(CC)OC(=O)C(C)CC[N+](C)(C)Cc1ccccc1. The minimum Gasteiger partial charge on any atom is -0.455 e. The van der Waals surface area contributed by atoms with Gasteiger partial charge >= 0.3 is 5.97 Å². The highest BCUT2D eigenvalue weighted by atomic mass is 16.7. The number of nitrogens with zero attached hydrogens (tertiary/aromatic N) is 1. The first-order valence-electron chi connectivity index (χ1n) is 15.7. The predicted octanol–water partition coefficient (Wildman–Crippen LogP) is 9.11. The fourth-order valence-corrected chi connectivity index (χ4v) is 5.02. The number of carbonyl (C=O) groups excluding carboxylic acids is 1. The number of hydrogen-bond donors (Lipinski definition) is 0. The highest BCUT2D eigenvalue weighted by molar-refractivity contribution is 5.72. The van der Waals surface area contributed by atoms with E-state index in [4.69, 9.17) is 9.47 Å². The van der Waals surface area contributed by atoms with Gasteiger partial charge in [0.15, 0.2) is 0 Å². The molecule has 4 nitrogen and oxygen atoms in total. The quantitative estimate of drug-likeness (QED) is 0.0688. The van der Waals surface area contributed by atoms with Crippen LogP contribution in [-0.4, -0.2) is 37.4 Å². The molecule has 0 bridgehead atoms. The van der Waals surface area contributed by atoms with Gasteiger partial charge in [-0.15, -0.1) is 0 Å². The van der Waals surface area contributed by atoms with Gasteiger partial charge < -0.3 is 14.0 Å². The van der Waals surface area contributed by atoms with E-state index in [0.29, 0.717) is 6.42 Å². The van der Waals surface area contributed by atoms with E-state index < -0.39 is 6.29 Å². The maximum Gasteiger partial charge on any atom is 0.311 e. The zero-order chi connectivity index (χ0) is 28.3. The molecular formula is C35H56NO3+. The van der Waals surface area contributed by atoms with Gasteiger partial charge in [0.05, 0.1) is 26.6 Å². The lowest BCUT2D eigenvalue weighted by molar-refractivity contribution is -0.904. The van der Waals surface area contributed by atoms with Gasteiger partial charge in [0, 0.05) is 18.4 Å². The fourth-order valence-electron chi connectivity index (χ4n) is 5.02. The van der Waals surface area contributed by atoms with Crippen LogP contribution in [0.5, 0.6) is 5.75 Å². The van der Waals surface area contributed by atoms with Gasteiger partial charge in [-0.25, -0.2) is 0 Å². The summed E-state index contributed by atoms with van der Waals surface area (Å²) < 4.78 is 12.9. The Hall–Kier alpha value is -2.33. The lowest BCUT2D eigenvalue weighted by atomic mass is 10.0. The average molecular weight is 539 g/mol. The Morgan fingerprint density at radius 3 is 2.03 bits per heavy atom. The molecule has 0 aromatic heterocycles. The largest absolute Gasteiger partial charge is 0.455 e. The molecule has 0 heterocycles. The van der Waals surface area contributed by atoms with Crippen LogP contribution in [0, 0.1) is 5.92 Å². The molecule has 218 valence electrons. The molecule has 0 spiro atoms. The summed E-state index contributed by atoms with van der Waals surface area (Å²) in [6.45, 7) is 8.10. The van der Waals surface area contributed by atoms with E-state index in [1.165, 1.54) is 75.3 Å². The van der Waals surface area contributed by atoms with Crippen LogP contribution in [0.1, 0.15) is 109 Å². The van der Waals surface area contributed by atoms with Crippen molar-refractivity contribution >= 4 is 5.97 Å². The van der Waals surface area contributed by atoms with E-state index >= 15 is 0 Å². The zero-order valence-electron chi connectivity index (χ0n) is 25.6. The molecule has 2 aromatic rings. The van der Waals surface area contributed by atoms with Crippen molar-refractivity contribution in [2.45, 2.75) is 117 Å². The number of carbonyl (C=O) groups is 1. The summed E-state index contributed by atoms with van der Waals surface area (Å²) in [5, 5.41) is 0. The third-order valence-electron chi connectivity index (χ3n) is 7.63. The maximum atomic E-state index is 12.9. The summed E-state index contributed by atoms with van der Waals surface area (Å²) in [4.78, 5) is 12.9. The molecule has 0 saturated heterocycles. The van der Waals surface area contributed by atoms with Crippen molar-refractivity contribution in [3.63, 3.8) is 0 Å². The summed E-state index contributed by atoms with van der Waals surface area (Å²) in [6, 6.07) is 18.8. The molecule has 2 unspecified atom stereocenters. The van der Waals surface area contributed by atoms with Crippen molar-refractivity contribution in [2.24, 2.45) is 5.92 Å². The lowest BCUT2D eigenvalue weighted by Crippen LogP contribution is -2.41. The van der Waals surface area contributed by atoms with Crippen molar-refractivity contribution in [1.82, 2.24) is 0 Å². The van der Waals surface area contributed by atoms with E-state index in [1.54, 1.807) is 0 Å². The van der Waals surface area contributed by atoms with E-state index in [2.05, 4.69) is 57.4 Å². The Bertz CT molecular complexity index is 911. The Morgan fingerprint density at radius 1 is 0.795 bits per heavy atom. The first kappa shape index (κ1) is 32.9. The summed E-state index contributed by atoms with van der Waals surface area (Å²) in [6.07, 6.45) is 15.2. The van der Waals surface area contributed by atoms with Gasteiger partial charge in [-0.2, -0.15) is 0 Å². The van der Waals surface area contributed by atoms with Gasteiger partial charge in [-0.1, -0.05) is 127 Å². The third-order valence-corrected chi connectivity index (χ3v) is 7.63. The first-order valence-corrected chi connectivity index (χ1v) is 15.7. The number of hydrogen-bond acceptors (Lipinski definition) is 3. The normalized spacial score (nSPS) is 13.2. The average Bonchev–Trinajstić information content (AvgIpc) is 2.93. The molecule has 2 atom stereocenters. The minimum atomic E-state index is -0.555. The van der Waals surface area contributed by atoms with Crippen LogP contribution in [0.4, 0.5) is 0 Å². The van der Waals surface area contributed by atoms with E-state index in [9.17, 15) is 4.79 Å². The predicted molar refractivity (Wildman–Crippen MR) is 164 cm³/mol. The smallest absolute Gasteiger partial charge is 0.311 e. The number of aryl methyl sites for hydroxylation is 1. The molecule has 0 amide bonds. The van der Waals surface area contributed by atoms with Gasteiger partial charge in [0.2, 0.25) is 6.29 Å². The van der Waals surface area contributed by atoms with Crippen molar-refractivity contribution in [3.05, 3.63) is 65.7 Å². The summed E-state index contributed by atoms with van der Waals surface area (Å²) in [7, 11) is 4.43. The number of unbranched alkanes of at least 4 members (excludes halogenated alkanes) is 9. The van der Waals surface area contributed by atoms with Crippen molar-refractivity contribution in [2.75, 3.05) is 20.6 Å².